The molecule has 200 valence electrons. The molecule has 5 nitrogen and oxygen atoms in total. The molecule has 1 unspecified atom stereocenters. The number of allylic oxidation sites excluding steroid dienone is 1. The molecule has 4 N–H and O–H groups in total. The van der Waals surface area contributed by atoms with Gasteiger partial charge in [-0.05, 0) is 80.8 Å². The van der Waals surface area contributed by atoms with Gasteiger partial charge in [0.2, 0.25) is 5.91 Å². The summed E-state index contributed by atoms with van der Waals surface area (Å²) in [5.41, 5.74) is 3.17. The fourth-order valence-electron chi connectivity index (χ4n) is 3.80. The van der Waals surface area contributed by atoms with Crippen molar-refractivity contribution in [1.29, 1.82) is 5.41 Å². The highest BCUT2D eigenvalue weighted by atomic mass is 19.3. The standard InChI is InChI=1S/C30H32F3N3O2/c1-19(37)30(32,33)23-11-5-20(6-12-23)17-27(38)35-25-15-9-21(10-16-25)26(18-34)28(36-29(2,3)4)22-7-13-24(31)14-8-22/h5-16,18-19,34,36-37H,17H2,1-4H3,(H,35,38)/b28-26+,34-18?. The van der Waals surface area contributed by atoms with E-state index in [0.717, 1.165) is 18.1 Å². The van der Waals surface area contributed by atoms with Crippen LogP contribution in [-0.2, 0) is 17.1 Å². The number of hydrogen-bond donors (Lipinski definition) is 4. The van der Waals surface area contributed by atoms with Gasteiger partial charge in [0.25, 0.3) is 5.92 Å². The number of nitrogens with one attached hydrogen (secondary N) is 3. The molecule has 0 saturated heterocycles. The number of hydrogen-bond acceptors (Lipinski definition) is 4. The summed E-state index contributed by atoms with van der Waals surface area (Å²) < 4.78 is 41.4. The van der Waals surface area contributed by atoms with Crippen LogP contribution in [-0.4, -0.2) is 28.9 Å². The number of benzene rings is 3. The van der Waals surface area contributed by atoms with Gasteiger partial charge in [-0.2, -0.15) is 8.78 Å². The summed E-state index contributed by atoms with van der Waals surface area (Å²) in [5.74, 6) is -4.04. The number of halogens is 3. The van der Waals surface area contributed by atoms with Crippen LogP contribution in [0.15, 0.2) is 72.8 Å². The van der Waals surface area contributed by atoms with Gasteiger partial charge in [0, 0.05) is 28.6 Å². The van der Waals surface area contributed by atoms with Gasteiger partial charge in [0.05, 0.1) is 12.1 Å². The number of amides is 1. The van der Waals surface area contributed by atoms with Crippen LogP contribution in [0.4, 0.5) is 18.9 Å². The SMILES string of the molecule is CC(O)C(F)(F)c1ccc(CC(=O)Nc2ccc(/C(C=N)=C(/NC(C)(C)C)c3ccc(F)cc3)cc2)cc1. The Morgan fingerprint density at radius 2 is 1.50 bits per heavy atom. The second-order valence-electron chi connectivity index (χ2n) is 10.1. The number of aliphatic hydroxyl groups excluding tert-OH is 1. The monoisotopic (exact) mass is 523 g/mol. The Balaban J connectivity index is 1.78. The number of anilines is 1. The van der Waals surface area contributed by atoms with Gasteiger partial charge >= 0.3 is 0 Å². The second kappa shape index (κ2) is 11.6. The highest BCUT2D eigenvalue weighted by Gasteiger charge is 2.37. The third-order valence-electron chi connectivity index (χ3n) is 5.75. The third-order valence-corrected chi connectivity index (χ3v) is 5.75. The minimum absolute atomic E-state index is 0.0157. The van der Waals surface area contributed by atoms with E-state index in [0.29, 0.717) is 22.5 Å². The molecule has 0 aliphatic heterocycles. The Hall–Kier alpha value is -3.91. The van der Waals surface area contributed by atoms with Crippen molar-refractivity contribution in [3.63, 3.8) is 0 Å². The van der Waals surface area contributed by atoms with Crippen LogP contribution in [0.3, 0.4) is 0 Å². The quantitative estimate of drug-likeness (QED) is 0.194. The molecule has 1 amide bonds. The minimum Gasteiger partial charge on any atom is -0.387 e. The molecule has 0 fully saturated rings. The van der Waals surface area contributed by atoms with Crippen LogP contribution in [0.2, 0.25) is 0 Å². The highest BCUT2D eigenvalue weighted by molar-refractivity contribution is 6.18. The lowest BCUT2D eigenvalue weighted by Gasteiger charge is -2.26. The summed E-state index contributed by atoms with van der Waals surface area (Å²) in [6.45, 7) is 6.99. The summed E-state index contributed by atoms with van der Waals surface area (Å²) in [6.07, 6.45) is -0.605. The topological polar surface area (TPSA) is 85.2 Å². The number of carbonyl (C=O) groups excluding carboxylic acids is 1. The zero-order valence-corrected chi connectivity index (χ0v) is 21.8. The van der Waals surface area contributed by atoms with E-state index in [2.05, 4.69) is 10.6 Å². The number of alkyl halides is 2. The first-order valence-electron chi connectivity index (χ1n) is 12.1. The first kappa shape index (κ1) is 28.7. The Morgan fingerprint density at radius 1 is 0.947 bits per heavy atom. The van der Waals surface area contributed by atoms with Crippen LogP contribution in [0, 0.1) is 11.2 Å². The molecule has 0 heterocycles. The summed E-state index contributed by atoms with van der Waals surface area (Å²) in [6, 6.07) is 18.3. The third kappa shape index (κ3) is 7.32. The Kier molecular flexibility index (Phi) is 8.78. The molecule has 3 aromatic rings. The molecule has 0 radical (unpaired) electrons. The van der Waals surface area contributed by atoms with Gasteiger partial charge in [-0.15, -0.1) is 0 Å². The van der Waals surface area contributed by atoms with Crippen LogP contribution >= 0.6 is 0 Å². The van der Waals surface area contributed by atoms with Gasteiger partial charge in [0.15, 0.2) is 0 Å². The van der Waals surface area contributed by atoms with Crippen LogP contribution in [0.25, 0.3) is 11.3 Å². The molecule has 0 saturated carbocycles. The number of rotatable bonds is 9. The largest absolute Gasteiger partial charge is 0.387 e. The fourth-order valence-corrected chi connectivity index (χ4v) is 3.80. The predicted molar refractivity (Wildman–Crippen MR) is 146 cm³/mol. The molecule has 0 aliphatic carbocycles. The van der Waals surface area contributed by atoms with Crippen LogP contribution < -0.4 is 10.6 Å². The van der Waals surface area contributed by atoms with Gasteiger partial charge in [-0.25, -0.2) is 4.39 Å². The molecule has 3 rings (SSSR count). The molecule has 38 heavy (non-hydrogen) atoms. The Morgan fingerprint density at radius 3 is 2.00 bits per heavy atom. The maximum Gasteiger partial charge on any atom is 0.298 e. The molecule has 1 atom stereocenters. The normalized spacial score (nSPS) is 13.4. The number of aliphatic hydroxyl groups is 1. The van der Waals surface area contributed by atoms with E-state index in [-0.39, 0.29) is 29.2 Å². The van der Waals surface area contributed by atoms with Crippen LogP contribution in [0.1, 0.15) is 49.9 Å². The summed E-state index contributed by atoms with van der Waals surface area (Å²) in [4.78, 5) is 12.5. The van der Waals surface area contributed by atoms with Crippen LogP contribution in [0.5, 0.6) is 0 Å². The van der Waals surface area contributed by atoms with E-state index < -0.39 is 12.0 Å². The minimum atomic E-state index is -3.37. The lowest BCUT2D eigenvalue weighted by atomic mass is 9.97. The van der Waals surface area contributed by atoms with E-state index in [9.17, 15) is 23.1 Å². The predicted octanol–water partition coefficient (Wildman–Crippen LogP) is 6.39. The van der Waals surface area contributed by atoms with E-state index in [1.807, 2.05) is 20.8 Å². The summed E-state index contributed by atoms with van der Waals surface area (Å²) in [7, 11) is 0. The Labute approximate surface area is 220 Å². The average molecular weight is 524 g/mol. The van der Waals surface area contributed by atoms with E-state index in [1.54, 1.807) is 36.4 Å². The maximum atomic E-state index is 14.0. The van der Waals surface area contributed by atoms with Gasteiger partial charge < -0.3 is 21.1 Å². The first-order valence-corrected chi connectivity index (χ1v) is 12.1. The van der Waals surface area contributed by atoms with Crippen molar-refractivity contribution in [3.05, 3.63) is 101 Å². The molecule has 0 spiro atoms. The lowest BCUT2D eigenvalue weighted by Crippen LogP contribution is -2.35. The van der Waals surface area contributed by atoms with Crippen molar-refractivity contribution in [2.45, 2.75) is 51.7 Å². The first-order chi connectivity index (χ1) is 17.8. The van der Waals surface area contributed by atoms with E-state index >= 15 is 0 Å². The molecule has 3 aromatic carbocycles. The summed E-state index contributed by atoms with van der Waals surface area (Å²) in [5, 5.41) is 23.5. The van der Waals surface area contributed by atoms with E-state index in [4.69, 9.17) is 5.41 Å². The molecule has 0 aromatic heterocycles. The maximum absolute atomic E-state index is 14.0. The smallest absolute Gasteiger partial charge is 0.298 e. The highest BCUT2D eigenvalue weighted by Crippen LogP contribution is 2.32. The second-order valence-corrected chi connectivity index (χ2v) is 10.1. The molecule has 0 bridgehead atoms. The van der Waals surface area contributed by atoms with Crippen molar-refractivity contribution in [3.8, 4) is 0 Å². The van der Waals surface area contributed by atoms with Crippen molar-refractivity contribution in [1.82, 2.24) is 5.32 Å². The summed E-state index contributed by atoms with van der Waals surface area (Å²) >= 11 is 0. The Bertz CT molecular complexity index is 1290. The lowest BCUT2D eigenvalue weighted by molar-refractivity contribution is -0.115. The fraction of sp³-hybridized carbons (Fsp3) is 0.267. The molecular weight excluding hydrogens is 491 g/mol. The molecule has 0 aliphatic rings. The van der Waals surface area contributed by atoms with Gasteiger partial charge in [-0.3, -0.25) is 4.79 Å². The molecular formula is C30H32F3N3O2. The van der Waals surface area contributed by atoms with Crippen molar-refractivity contribution in [2.24, 2.45) is 0 Å². The van der Waals surface area contributed by atoms with Crippen molar-refractivity contribution in [2.75, 3.05) is 5.32 Å². The zero-order chi connectivity index (χ0) is 28.1. The number of carbonyl (C=O) groups is 1. The van der Waals surface area contributed by atoms with Gasteiger partial charge in [0.1, 0.15) is 11.9 Å². The average Bonchev–Trinajstić information content (AvgIpc) is 2.85. The zero-order valence-electron chi connectivity index (χ0n) is 21.8. The molecule has 8 heteroatoms. The van der Waals surface area contributed by atoms with Crippen molar-refractivity contribution >= 4 is 29.1 Å². The van der Waals surface area contributed by atoms with Crippen molar-refractivity contribution < 1.29 is 23.1 Å². The van der Waals surface area contributed by atoms with E-state index in [1.165, 1.54) is 42.6 Å². The van der Waals surface area contributed by atoms with Gasteiger partial charge in [-0.1, -0.05) is 36.4 Å².